The van der Waals surface area contributed by atoms with Crippen LogP contribution in [0.3, 0.4) is 0 Å². The smallest absolute Gasteiger partial charge is 0.408 e. The predicted molar refractivity (Wildman–Crippen MR) is 113 cm³/mol. The molecule has 33 heavy (non-hydrogen) atoms. The van der Waals surface area contributed by atoms with E-state index < -0.39 is 34.9 Å². The average Bonchev–Trinajstić information content (AvgIpc) is 3.08. The predicted octanol–water partition coefficient (Wildman–Crippen LogP) is 0.416. The number of rotatable bonds is 11. The van der Waals surface area contributed by atoms with Gasteiger partial charge >= 0.3 is 12.1 Å². The molecule has 2 aromatic rings. The fraction of sp³-hybridized carbons (Fsp3) is 0.316. The lowest BCUT2D eigenvalue weighted by atomic mass is 10.1. The second-order valence-corrected chi connectivity index (χ2v) is 6.64. The lowest BCUT2D eigenvalue weighted by Gasteiger charge is -2.17. The standard InChI is InChI=1S/C19H24N6O8/c20-18(23-25(30)31)21-11-5-4-8-14(17(28)33-24-15(26)9-10-16(24)27)22-19(29)32-12-13-6-2-1-3-7-13/h1-3,6-7,9-10,14,26-27H,4-5,8,11-12H2,(H,22,29)(H3,20,21,23)/t14-/m0/s1. The number of nitrogens with zero attached hydrogens (tertiary/aromatic N) is 3. The second-order valence-electron chi connectivity index (χ2n) is 6.64. The van der Waals surface area contributed by atoms with Crippen molar-refractivity contribution in [2.24, 2.45) is 10.7 Å². The average molecular weight is 464 g/mol. The Morgan fingerprint density at radius 2 is 1.82 bits per heavy atom. The van der Waals surface area contributed by atoms with Crippen LogP contribution in [0.15, 0.2) is 47.5 Å². The monoisotopic (exact) mass is 464 g/mol. The fourth-order valence-electron chi connectivity index (χ4n) is 2.59. The number of alkyl carbamates (subject to hydrolysis) is 1. The second kappa shape index (κ2) is 12.4. The topological polar surface area (TPSA) is 204 Å². The highest BCUT2D eigenvalue weighted by atomic mass is 16.7. The van der Waals surface area contributed by atoms with E-state index in [1.54, 1.807) is 29.7 Å². The number of unbranched alkanes of at least 4 members (excludes halogenated alkanes) is 1. The molecule has 1 atom stereocenters. The van der Waals surface area contributed by atoms with E-state index in [2.05, 4.69) is 10.3 Å². The molecular weight excluding hydrogens is 440 g/mol. The Kier molecular flexibility index (Phi) is 9.30. The van der Waals surface area contributed by atoms with Crippen LogP contribution in [0.5, 0.6) is 11.8 Å². The van der Waals surface area contributed by atoms with Crippen LogP contribution in [-0.4, -0.2) is 50.6 Å². The van der Waals surface area contributed by atoms with Crippen LogP contribution >= 0.6 is 0 Å². The van der Waals surface area contributed by atoms with Crippen molar-refractivity contribution in [3.05, 3.63) is 58.1 Å². The maximum atomic E-state index is 12.5. The van der Waals surface area contributed by atoms with E-state index in [0.717, 1.165) is 17.7 Å². The van der Waals surface area contributed by atoms with Gasteiger partial charge in [-0.3, -0.25) is 0 Å². The number of hydrazine groups is 1. The Hall–Kier alpha value is -4.49. The molecular formula is C19H24N6O8. The largest absolute Gasteiger partial charge is 0.492 e. The molecule has 178 valence electrons. The molecule has 0 aliphatic rings. The van der Waals surface area contributed by atoms with Gasteiger partial charge in [-0.15, -0.1) is 4.73 Å². The highest BCUT2D eigenvalue weighted by Gasteiger charge is 2.25. The maximum Gasteiger partial charge on any atom is 0.408 e. The summed E-state index contributed by atoms with van der Waals surface area (Å²) in [7, 11) is 0. The molecule has 0 unspecified atom stereocenters. The Bertz CT molecular complexity index is 958. The van der Waals surface area contributed by atoms with Gasteiger partial charge in [0.15, 0.2) is 5.03 Å². The van der Waals surface area contributed by atoms with Crippen LogP contribution < -0.4 is 21.3 Å². The van der Waals surface area contributed by atoms with E-state index in [1.807, 2.05) is 6.07 Å². The number of aliphatic imine (C=N–C) groups is 1. The zero-order valence-corrected chi connectivity index (χ0v) is 17.4. The van der Waals surface area contributed by atoms with Crippen molar-refractivity contribution in [1.82, 2.24) is 15.5 Å². The molecule has 14 heteroatoms. The van der Waals surface area contributed by atoms with Crippen LogP contribution in [0.1, 0.15) is 24.8 Å². The number of nitrogens with two attached hydrogens (primary N) is 1. The first-order valence-electron chi connectivity index (χ1n) is 9.76. The molecule has 0 saturated carbocycles. The summed E-state index contributed by atoms with van der Waals surface area (Å²) in [6.45, 7) is 0.108. The van der Waals surface area contributed by atoms with Crippen molar-refractivity contribution in [2.75, 3.05) is 6.54 Å². The molecule has 0 saturated heterocycles. The van der Waals surface area contributed by atoms with Gasteiger partial charge in [-0.2, -0.15) is 0 Å². The number of nitro groups is 1. The van der Waals surface area contributed by atoms with Gasteiger partial charge in [-0.1, -0.05) is 35.8 Å². The molecule has 0 fully saturated rings. The molecule has 1 heterocycles. The summed E-state index contributed by atoms with van der Waals surface area (Å²) in [5.74, 6) is -2.37. The van der Waals surface area contributed by atoms with Gasteiger partial charge in [0.1, 0.15) is 12.6 Å². The number of aromatic nitrogens is 1. The molecule has 0 radical (unpaired) electrons. The minimum Gasteiger partial charge on any atom is -0.492 e. The molecule has 0 aliphatic carbocycles. The molecule has 1 aromatic carbocycles. The molecule has 2 rings (SSSR count). The molecule has 0 aliphatic heterocycles. The molecule has 1 aromatic heterocycles. The van der Waals surface area contributed by atoms with Crippen LogP contribution in [0.2, 0.25) is 0 Å². The van der Waals surface area contributed by atoms with Crippen molar-refractivity contribution in [2.45, 2.75) is 31.9 Å². The van der Waals surface area contributed by atoms with E-state index in [0.29, 0.717) is 17.6 Å². The van der Waals surface area contributed by atoms with Crippen LogP contribution in [0.25, 0.3) is 0 Å². The van der Waals surface area contributed by atoms with Crippen LogP contribution in [0.4, 0.5) is 4.79 Å². The third-order valence-electron chi connectivity index (χ3n) is 4.16. The maximum absolute atomic E-state index is 12.5. The van der Waals surface area contributed by atoms with E-state index >= 15 is 0 Å². The van der Waals surface area contributed by atoms with Crippen molar-refractivity contribution >= 4 is 18.0 Å². The number of aromatic hydroxyl groups is 2. The number of amides is 1. The Morgan fingerprint density at radius 3 is 2.45 bits per heavy atom. The molecule has 0 spiro atoms. The molecule has 1 amide bonds. The van der Waals surface area contributed by atoms with Gasteiger partial charge in [0.05, 0.1) is 0 Å². The van der Waals surface area contributed by atoms with Gasteiger partial charge in [-0.25, -0.2) is 24.7 Å². The molecule has 6 N–H and O–H groups in total. The summed E-state index contributed by atoms with van der Waals surface area (Å²) in [5, 5.41) is 31.1. The number of benzene rings is 1. The summed E-state index contributed by atoms with van der Waals surface area (Å²) in [6.07, 6.45) is -0.0678. The van der Waals surface area contributed by atoms with E-state index in [4.69, 9.17) is 15.3 Å². The third-order valence-corrected chi connectivity index (χ3v) is 4.16. The summed E-state index contributed by atoms with van der Waals surface area (Å²) >= 11 is 0. The van der Waals surface area contributed by atoms with Gasteiger partial charge in [0, 0.05) is 18.7 Å². The highest BCUT2D eigenvalue weighted by molar-refractivity contribution is 5.81. The minimum atomic E-state index is -1.19. The quantitative estimate of drug-likeness (QED) is 0.102. The zero-order chi connectivity index (χ0) is 24.2. The lowest BCUT2D eigenvalue weighted by Crippen LogP contribution is -2.45. The van der Waals surface area contributed by atoms with Gasteiger partial charge in [0.25, 0.3) is 5.96 Å². The number of hydrogen-bond acceptors (Lipinski definition) is 9. The van der Waals surface area contributed by atoms with Crippen molar-refractivity contribution in [3.63, 3.8) is 0 Å². The van der Waals surface area contributed by atoms with Crippen LogP contribution in [0, 0.1) is 10.1 Å². The highest BCUT2D eigenvalue weighted by Crippen LogP contribution is 2.19. The number of nitrogens with one attached hydrogen (secondary N) is 2. The Morgan fingerprint density at radius 1 is 1.15 bits per heavy atom. The number of guanidine groups is 1. The van der Waals surface area contributed by atoms with E-state index in [1.165, 1.54) is 0 Å². The summed E-state index contributed by atoms with van der Waals surface area (Å²) in [5.41, 5.74) is 7.76. The number of ether oxygens (including phenoxy) is 1. The first-order chi connectivity index (χ1) is 15.8. The van der Waals surface area contributed by atoms with E-state index in [-0.39, 0.29) is 25.5 Å². The SMILES string of the molecule is NC(=NCCCC[C@H](NC(=O)OCc1ccccc1)C(=O)On1c(O)ccc1O)N[N+](=O)[O-]. The van der Waals surface area contributed by atoms with Gasteiger partial charge in [0.2, 0.25) is 11.8 Å². The van der Waals surface area contributed by atoms with Crippen molar-refractivity contribution in [3.8, 4) is 11.8 Å². The summed E-state index contributed by atoms with van der Waals surface area (Å²) < 4.78 is 5.61. The molecule has 14 nitrogen and oxygen atoms in total. The van der Waals surface area contributed by atoms with Crippen molar-refractivity contribution < 1.29 is 34.4 Å². The first-order valence-corrected chi connectivity index (χ1v) is 9.76. The van der Waals surface area contributed by atoms with Gasteiger partial charge in [-0.05, 0) is 24.8 Å². The number of carbonyl (C=O) groups is 2. The van der Waals surface area contributed by atoms with E-state index in [9.17, 15) is 29.9 Å². The number of carbonyl (C=O) groups excluding carboxylic acids is 2. The lowest BCUT2D eigenvalue weighted by molar-refractivity contribution is -0.525. The van der Waals surface area contributed by atoms with Crippen LogP contribution in [-0.2, 0) is 16.1 Å². The van der Waals surface area contributed by atoms with Crippen molar-refractivity contribution in [1.29, 1.82) is 0 Å². The summed E-state index contributed by atoms with van der Waals surface area (Å²) in [4.78, 5) is 43.7. The number of hydrogen-bond donors (Lipinski definition) is 5. The Balaban J connectivity index is 1.94. The molecule has 0 bridgehead atoms. The zero-order valence-electron chi connectivity index (χ0n) is 17.4. The summed E-state index contributed by atoms with van der Waals surface area (Å²) in [6, 6.07) is 9.93. The Labute approximate surface area is 187 Å². The third kappa shape index (κ3) is 8.64. The normalized spacial score (nSPS) is 11.9. The minimum absolute atomic E-state index is 0.0228. The van der Waals surface area contributed by atoms with Gasteiger partial charge < -0.3 is 30.8 Å². The first kappa shape index (κ1) is 24.8. The fourth-order valence-corrected chi connectivity index (χ4v) is 2.59.